The van der Waals surface area contributed by atoms with Crippen LogP contribution in [-0.2, 0) is 25.9 Å². The molecule has 4 aliphatic heterocycles. The lowest BCUT2D eigenvalue weighted by Gasteiger charge is -2.57. The standard InChI is InChI=1S/C40H54F2N10O/c1-39(2)24-40(3,4)37(39)46-36(53)27-18-43-38(44-19-27)50-14-9-25(10-15-50)21-52-32-11-13-48(5)23-31(32)35(47-52)51-12-7-8-26-16-29(28-20-45-49(6)22-28)30(34(41)42)17-33(26)51/h16-19,22,25,34,37,45H,7-15,20-21,23-24H2,1-6H3,(H,46,53). The van der Waals surface area contributed by atoms with Crippen molar-refractivity contribution in [3.63, 3.8) is 0 Å². The summed E-state index contributed by atoms with van der Waals surface area (Å²) in [6, 6.07) is 3.85. The summed E-state index contributed by atoms with van der Waals surface area (Å²) in [5.74, 6) is 1.90. The van der Waals surface area contributed by atoms with Crippen molar-refractivity contribution >= 4 is 28.9 Å². The molecule has 53 heavy (non-hydrogen) atoms. The summed E-state index contributed by atoms with van der Waals surface area (Å²) < 4.78 is 31.5. The van der Waals surface area contributed by atoms with E-state index in [2.05, 4.69) is 74.8 Å². The molecule has 6 heterocycles. The van der Waals surface area contributed by atoms with Gasteiger partial charge in [-0.3, -0.25) is 9.48 Å². The molecular formula is C40H54F2N10O. The number of anilines is 3. The fourth-order valence-electron chi connectivity index (χ4n) is 10.1. The van der Waals surface area contributed by atoms with Gasteiger partial charge < -0.3 is 25.0 Å². The van der Waals surface area contributed by atoms with Crippen LogP contribution in [0.25, 0.3) is 5.57 Å². The third-order valence-corrected chi connectivity index (χ3v) is 12.4. The Morgan fingerprint density at radius 1 is 1.02 bits per heavy atom. The summed E-state index contributed by atoms with van der Waals surface area (Å²) in [5, 5.41) is 10.4. The first kappa shape index (κ1) is 35.9. The fraction of sp³-hybridized carbons (Fsp3) is 0.600. The van der Waals surface area contributed by atoms with Gasteiger partial charge in [-0.05, 0) is 84.7 Å². The highest BCUT2D eigenvalue weighted by Gasteiger charge is 2.53. The van der Waals surface area contributed by atoms with E-state index in [0.717, 1.165) is 100 Å². The van der Waals surface area contributed by atoms with E-state index in [0.29, 0.717) is 29.5 Å². The second-order valence-electron chi connectivity index (χ2n) is 17.4. The molecule has 5 aliphatic rings. The Bertz CT molecular complexity index is 1880. The van der Waals surface area contributed by atoms with Gasteiger partial charge in [-0.15, -0.1) is 0 Å². The number of alkyl halides is 2. The minimum atomic E-state index is -2.57. The van der Waals surface area contributed by atoms with Crippen LogP contribution in [0.1, 0.15) is 98.1 Å². The van der Waals surface area contributed by atoms with Gasteiger partial charge in [0.2, 0.25) is 5.95 Å². The van der Waals surface area contributed by atoms with E-state index in [9.17, 15) is 13.6 Å². The number of hydrogen-bond donors (Lipinski definition) is 2. The molecule has 0 spiro atoms. The maximum Gasteiger partial charge on any atom is 0.264 e. The molecular weight excluding hydrogens is 675 g/mol. The molecule has 2 N–H and O–H groups in total. The van der Waals surface area contributed by atoms with E-state index in [4.69, 9.17) is 5.10 Å². The molecule has 2 aromatic heterocycles. The van der Waals surface area contributed by atoms with Crippen LogP contribution in [-0.4, -0.2) is 88.4 Å². The molecule has 1 aliphatic carbocycles. The lowest BCUT2D eigenvalue weighted by molar-refractivity contribution is -0.0366. The second-order valence-corrected chi connectivity index (χ2v) is 17.4. The minimum absolute atomic E-state index is 0.0739. The Hall–Kier alpha value is -4.10. The van der Waals surface area contributed by atoms with Crippen molar-refractivity contribution in [3.8, 4) is 0 Å². The lowest BCUT2D eigenvalue weighted by Crippen LogP contribution is -2.63. The molecule has 0 atom stereocenters. The summed E-state index contributed by atoms with van der Waals surface area (Å²) in [6.45, 7) is 14.3. The third kappa shape index (κ3) is 6.79. The first-order valence-corrected chi connectivity index (χ1v) is 19.3. The zero-order chi connectivity index (χ0) is 37.2. The van der Waals surface area contributed by atoms with Gasteiger partial charge in [-0.1, -0.05) is 27.7 Å². The predicted molar refractivity (Wildman–Crippen MR) is 203 cm³/mol. The summed E-state index contributed by atoms with van der Waals surface area (Å²) in [7, 11) is 4.03. The zero-order valence-corrected chi connectivity index (χ0v) is 32.1. The Kier molecular flexibility index (Phi) is 9.24. The number of halogens is 2. The van der Waals surface area contributed by atoms with Crippen molar-refractivity contribution in [1.82, 2.24) is 40.4 Å². The molecule has 0 radical (unpaired) electrons. The van der Waals surface area contributed by atoms with E-state index >= 15 is 0 Å². The number of benzene rings is 1. The molecule has 11 nitrogen and oxygen atoms in total. The Labute approximate surface area is 311 Å². The number of rotatable bonds is 8. The van der Waals surface area contributed by atoms with E-state index in [1.807, 2.05) is 24.3 Å². The summed E-state index contributed by atoms with van der Waals surface area (Å²) in [4.78, 5) is 29.1. The number of hydrogen-bond acceptors (Lipinski definition) is 9. The van der Waals surface area contributed by atoms with Crippen LogP contribution in [0.3, 0.4) is 0 Å². The number of carbonyl (C=O) groups is 1. The number of piperidine rings is 1. The normalized spacial score (nSPS) is 21.8. The summed E-state index contributed by atoms with van der Waals surface area (Å²) >= 11 is 0. The molecule has 1 amide bonds. The molecule has 13 heteroatoms. The maximum absolute atomic E-state index is 14.6. The number of hydrazine groups is 1. The second kappa shape index (κ2) is 13.6. The van der Waals surface area contributed by atoms with Crippen LogP contribution in [0.2, 0.25) is 0 Å². The number of carbonyl (C=O) groups excluding carboxylic acids is 1. The molecule has 1 saturated carbocycles. The summed E-state index contributed by atoms with van der Waals surface area (Å²) in [5.41, 5.74) is 9.91. The SMILES string of the molecule is CN1CCc2c(c(N3CCCc4cc(C5=CN(C)NC5)c(C(F)F)cc43)nn2CC2CCN(c3ncc(C(=O)NC4C(C)(C)CC4(C)C)cn3)CC2)C1. The van der Waals surface area contributed by atoms with Gasteiger partial charge in [-0.25, -0.2) is 24.2 Å². The van der Waals surface area contributed by atoms with Crippen molar-refractivity contribution in [2.24, 2.45) is 16.7 Å². The average molecular weight is 729 g/mol. The molecule has 3 aromatic rings. The van der Waals surface area contributed by atoms with Crippen LogP contribution in [0.4, 0.5) is 26.2 Å². The van der Waals surface area contributed by atoms with Crippen molar-refractivity contribution in [1.29, 1.82) is 0 Å². The molecule has 0 bridgehead atoms. The molecule has 1 aromatic carbocycles. The molecule has 0 unspecified atom stereocenters. The average Bonchev–Trinajstić information content (AvgIpc) is 3.72. The monoisotopic (exact) mass is 728 g/mol. The largest absolute Gasteiger partial charge is 0.348 e. The van der Waals surface area contributed by atoms with Crippen molar-refractivity contribution in [2.45, 2.75) is 91.8 Å². The fourth-order valence-corrected chi connectivity index (χ4v) is 10.1. The van der Waals surface area contributed by atoms with Gasteiger partial charge in [0.05, 0.1) is 5.56 Å². The maximum atomic E-state index is 14.6. The molecule has 8 rings (SSSR count). The van der Waals surface area contributed by atoms with Gasteiger partial charge in [-0.2, -0.15) is 5.10 Å². The van der Waals surface area contributed by atoms with Crippen LogP contribution in [0, 0.1) is 16.7 Å². The van der Waals surface area contributed by atoms with Gasteiger partial charge in [0.1, 0.15) is 0 Å². The van der Waals surface area contributed by atoms with Gasteiger partial charge in [0.25, 0.3) is 12.3 Å². The Morgan fingerprint density at radius 2 is 1.75 bits per heavy atom. The highest BCUT2D eigenvalue weighted by Crippen LogP contribution is 2.53. The third-order valence-electron chi connectivity index (χ3n) is 12.4. The van der Waals surface area contributed by atoms with E-state index in [1.165, 1.54) is 11.3 Å². The number of amides is 1. The Balaban J connectivity index is 0.970. The first-order valence-electron chi connectivity index (χ1n) is 19.3. The number of nitrogens with zero attached hydrogens (tertiary/aromatic N) is 8. The van der Waals surface area contributed by atoms with E-state index in [1.54, 1.807) is 18.5 Å². The van der Waals surface area contributed by atoms with Crippen molar-refractivity contribution in [2.75, 3.05) is 56.6 Å². The van der Waals surface area contributed by atoms with Crippen molar-refractivity contribution in [3.05, 3.63) is 64.2 Å². The predicted octanol–water partition coefficient (Wildman–Crippen LogP) is 5.94. The van der Waals surface area contributed by atoms with E-state index < -0.39 is 6.43 Å². The smallest absolute Gasteiger partial charge is 0.264 e. The highest BCUT2D eigenvalue weighted by atomic mass is 19.3. The van der Waals surface area contributed by atoms with Crippen LogP contribution in [0.5, 0.6) is 0 Å². The first-order chi connectivity index (χ1) is 25.3. The zero-order valence-electron chi connectivity index (χ0n) is 32.1. The topological polar surface area (TPSA) is 97.7 Å². The number of fused-ring (bicyclic) bond motifs is 2. The molecule has 1 saturated heterocycles. The minimum Gasteiger partial charge on any atom is -0.348 e. The van der Waals surface area contributed by atoms with Gasteiger partial charge >= 0.3 is 0 Å². The lowest BCUT2D eigenvalue weighted by atomic mass is 9.52. The molecule has 284 valence electrons. The van der Waals surface area contributed by atoms with Crippen molar-refractivity contribution < 1.29 is 13.6 Å². The van der Waals surface area contributed by atoms with Gasteiger partial charge in [0.15, 0.2) is 5.82 Å². The molecule has 2 fully saturated rings. The highest BCUT2D eigenvalue weighted by molar-refractivity contribution is 5.94. The van der Waals surface area contributed by atoms with Gasteiger partial charge in [0, 0.05) is 106 Å². The number of likely N-dealkylation sites (N-methyl/N-ethyl adjacent to an activating group) is 1. The van der Waals surface area contributed by atoms with E-state index in [-0.39, 0.29) is 28.3 Å². The number of nitrogens with one attached hydrogen (secondary N) is 2. The van der Waals surface area contributed by atoms with Crippen LogP contribution in [0.15, 0.2) is 30.7 Å². The summed E-state index contributed by atoms with van der Waals surface area (Å²) in [6.07, 6.45) is 8.40. The quantitative estimate of drug-likeness (QED) is 0.292. The Morgan fingerprint density at radius 3 is 2.42 bits per heavy atom. The number of aromatic nitrogens is 4. The van der Waals surface area contributed by atoms with Crippen LogP contribution < -0.4 is 20.5 Å². The van der Waals surface area contributed by atoms with Crippen LogP contribution >= 0.6 is 0 Å². The number of aryl methyl sites for hydroxylation is 1.